The number of methoxy groups -OCH3 is 1. The van der Waals surface area contributed by atoms with E-state index in [1.165, 1.54) is 7.11 Å². The van der Waals surface area contributed by atoms with Crippen molar-refractivity contribution in [2.24, 2.45) is 0 Å². The summed E-state index contributed by atoms with van der Waals surface area (Å²) in [6.45, 7) is 0.339. The molecule has 0 aromatic heterocycles. The Kier molecular flexibility index (Phi) is 6.03. The summed E-state index contributed by atoms with van der Waals surface area (Å²) in [5, 5.41) is 4.87. The van der Waals surface area contributed by atoms with Crippen LogP contribution in [0.2, 0.25) is 5.02 Å². The van der Waals surface area contributed by atoms with Gasteiger partial charge in [0, 0.05) is 11.6 Å². The molecule has 0 saturated carbocycles. The molecule has 1 fully saturated rings. The molecular formula is C19H17ClN2O4S. The van der Waals surface area contributed by atoms with Crippen LogP contribution in [0.15, 0.2) is 42.5 Å². The zero-order chi connectivity index (χ0) is 19.4. The van der Waals surface area contributed by atoms with Crippen LogP contribution >= 0.6 is 23.4 Å². The van der Waals surface area contributed by atoms with Gasteiger partial charge in [0.15, 0.2) is 0 Å². The lowest BCUT2D eigenvalue weighted by Crippen LogP contribution is -2.25. The zero-order valence-corrected chi connectivity index (χ0v) is 16.0. The van der Waals surface area contributed by atoms with Crippen molar-refractivity contribution in [2.75, 3.05) is 7.11 Å². The van der Waals surface area contributed by atoms with Crippen LogP contribution in [-0.4, -0.2) is 29.4 Å². The molecule has 0 spiro atoms. The Morgan fingerprint density at radius 1 is 1.19 bits per heavy atom. The molecule has 0 radical (unpaired) electrons. The van der Waals surface area contributed by atoms with Crippen LogP contribution in [0.5, 0.6) is 5.75 Å². The predicted octanol–water partition coefficient (Wildman–Crippen LogP) is 3.17. The van der Waals surface area contributed by atoms with Crippen molar-refractivity contribution in [1.29, 1.82) is 0 Å². The summed E-state index contributed by atoms with van der Waals surface area (Å²) in [6, 6.07) is 12.4. The van der Waals surface area contributed by atoms with Crippen LogP contribution in [-0.2, 0) is 17.8 Å². The van der Waals surface area contributed by atoms with Crippen molar-refractivity contribution in [2.45, 2.75) is 18.2 Å². The number of carbonyl (C=O) groups excluding carboxylic acids is 3. The number of thioether (sulfide) groups is 1. The number of imide groups is 1. The summed E-state index contributed by atoms with van der Waals surface area (Å²) in [4.78, 5) is 35.2. The van der Waals surface area contributed by atoms with E-state index in [4.69, 9.17) is 16.3 Å². The molecule has 8 heteroatoms. The predicted molar refractivity (Wildman–Crippen MR) is 104 cm³/mol. The second-order valence-corrected chi connectivity index (χ2v) is 7.54. The van der Waals surface area contributed by atoms with Crippen LogP contribution in [0.1, 0.15) is 21.5 Å². The number of ether oxygens (including phenoxy) is 1. The van der Waals surface area contributed by atoms with Crippen molar-refractivity contribution < 1.29 is 19.1 Å². The van der Waals surface area contributed by atoms with Gasteiger partial charge in [-0.1, -0.05) is 47.6 Å². The molecule has 1 saturated heterocycles. The topological polar surface area (TPSA) is 84.5 Å². The molecule has 3 rings (SSSR count). The maximum Gasteiger partial charge on any atom is 0.286 e. The molecule has 1 aliphatic rings. The lowest BCUT2D eigenvalue weighted by Gasteiger charge is -2.10. The van der Waals surface area contributed by atoms with E-state index in [1.54, 1.807) is 18.2 Å². The van der Waals surface area contributed by atoms with Crippen LogP contribution in [0.3, 0.4) is 0 Å². The first-order chi connectivity index (χ1) is 13.0. The molecule has 27 heavy (non-hydrogen) atoms. The smallest absolute Gasteiger partial charge is 0.286 e. The fourth-order valence-electron chi connectivity index (χ4n) is 2.67. The minimum Gasteiger partial charge on any atom is -0.496 e. The molecule has 3 amide bonds. The van der Waals surface area contributed by atoms with Crippen LogP contribution in [0, 0.1) is 0 Å². The average Bonchev–Trinajstić information content (AvgIpc) is 2.97. The third-order valence-electron chi connectivity index (χ3n) is 4.07. The van der Waals surface area contributed by atoms with E-state index in [0.29, 0.717) is 29.3 Å². The van der Waals surface area contributed by atoms with Gasteiger partial charge < -0.3 is 10.1 Å². The summed E-state index contributed by atoms with van der Waals surface area (Å²) >= 11 is 6.96. The molecule has 6 nitrogen and oxygen atoms in total. The van der Waals surface area contributed by atoms with Gasteiger partial charge in [-0.25, -0.2) is 0 Å². The highest BCUT2D eigenvalue weighted by Gasteiger charge is 2.31. The van der Waals surface area contributed by atoms with Gasteiger partial charge in [-0.15, -0.1) is 0 Å². The average molecular weight is 405 g/mol. The number of carbonyl (C=O) groups is 3. The van der Waals surface area contributed by atoms with Crippen molar-refractivity contribution in [3.05, 3.63) is 64.2 Å². The largest absolute Gasteiger partial charge is 0.496 e. The molecule has 2 aromatic carbocycles. The van der Waals surface area contributed by atoms with Crippen molar-refractivity contribution in [1.82, 2.24) is 10.6 Å². The van der Waals surface area contributed by atoms with E-state index >= 15 is 0 Å². The molecule has 1 heterocycles. The van der Waals surface area contributed by atoms with Gasteiger partial charge in [-0.2, -0.15) is 0 Å². The van der Waals surface area contributed by atoms with Gasteiger partial charge in [-0.3, -0.25) is 19.7 Å². The highest BCUT2D eigenvalue weighted by Crippen LogP contribution is 2.24. The number of benzene rings is 2. The van der Waals surface area contributed by atoms with Gasteiger partial charge in [0.2, 0.25) is 5.91 Å². The molecule has 2 aromatic rings. The van der Waals surface area contributed by atoms with Crippen molar-refractivity contribution in [3.8, 4) is 5.75 Å². The third-order valence-corrected chi connectivity index (χ3v) is 5.29. The van der Waals surface area contributed by atoms with E-state index in [0.717, 1.165) is 22.9 Å². The van der Waals surface area contributed by atoms with Crippen LogP contribution in [0.4, 0.5) is 4.79 Å². The number of rotatable bonds is 6. The van der Waals surface area contributed by atoms with Gasteiger partial charge in [0.05, 0.1) is 17.9 Å². The Labute approximate surface area is 165 Å². The first-order valence-electron chi connectivity index (χ1n) is 8.17. The molecule has 0 aliphatic carbocycles. The molecule has 140 valence electrons. The van der Waals surface area contributed by atoms with Crippen LogP contribution in [0.25, 0.3) is 0 Å². The summed E-state index contributed by atoms with van der Waals surface area (Å²) < 4.78 is 5.19. The maximum absolute atomic E-state index is 12.4. The Bertz CT molecular complexity index is 886. The monoisotopic (exact) mass is 404 g/mol. The standard InChI is InChI=1S/C19H17ClN2O4S/c1-26-15-7-6-13(20)9-14(15)17(23)21-10-12-4-2-11(3-5-12)8-16-18(24)22-19(25)27-16/h2-7,9,16H,8,10H2,1H3,(H,21,23)(H,22,24,25). The van der Waals surface area contributed by atoms with Gasteiger partial charge in [0.1, 0.15) is 5.75 Å². The normalized spacial score (nSPS) is 16.1. The van der Waals surface area contributed by atoms with Gasteiger partial charge in [0.25, 0.3) is 11.1 Å². The number of halogens is 1. The molecule has 1 atom stereocenters. The lowest BCUT2D eigenvalue weighted by molar-refractivity contribution is -0.118. The number of amides is 3. The zero-order valence-electron chi connectivity index (χ0n) is 14.5. The second kappa shape index (κ2) is 8.45. The Morgan fingerprint density at radius 2 is 1.89 bits per heavy atom. The maximum atomic E-state index is 12.4. The van der Waals surface area contributed by atoms with E-state index in [-0.39, 0.29) is 17.1 Å². The lowest BCUT2D eigenvalue weighted by atomic mass is 10.1. The first kappa shape index (κ1) is 19.3. The summed E-state index contributed by atoms with van der Waals surface area (Å²) in [5.41, 5.74) is 2.23. The fraction of sp³-hybridized carbons (Fsp3) is 0.211. The summed E-state index contributed by atoms with van der Waals surface area (Å²) in [5.74, 6) is -0.0816. The van der Waals surface area contributed by atoms with Crippen molar-refractivity contribution in [3.63, 3.8) is 0 Å². The van der Waals surface area contributed by atoms with E-state index in [1.807, 2.05) is 24.3 Å². The molecule has 1 unspecified atom stereocenters. The summed E-state index contributed by atoms with van der Waals surface area (Å²) in [6.07, 6.45) is 0.481. The number of hydrogen-bond acceptors (Lipinski definition) is 5. The minimum atomic E-state index is -0.390. The molecule has 2 N–H and O–H groups in total. The Morgan fingerprint density at radius 3 is 2.52 bits per heavy atom. The molecule has 0 bridgehead atoms. The fourth-order valence-corrected chi connectivity index (χ4v) is 3.70. The highest BCUT2D eigenvalue weighted by atomic mass is 35.5. The summed E-state index contributed by atoms with van der Waals surface area (Å²) in [7, 11) is 1.50. The van der Waals surface area contributed by atoms with Gasteiger partial charge >= 0.3 is 0 Å². The van der Waals surface area contributed by atoms with Gasteiger partial charge in [-0.05, 0) is 35.7 Å². The minimum absolute atomic E-state index is 0.253. The SMILES string of the molecule is COc1ccc(Cl)cc1C(=O)NCc1ccc(CC2SC(=O)NC2=O)cc1. The highest BCUT2D eigenvalue weighted by molar-refractivity contribution is 8.15. The molecular weight excluding hydrogens is 388 g/mol. The van der Waals surface area contributed by atoms with Crippen molar-refractivity contribution >= 4 is 40.4 Å². The number of nitrogens with one attached hydrogen (secondary N) is 2. The Hall–Kier alpha value is -2.51. The third kappa shape index (κ3) is 4.81. The van der Waals surface area contributed by atoms with Crippen LogP contribution < -0.4 is 15.4 Å². The molecule has 1 aliphatic heterocycles. The number of hydrogen-bond donors (Lipinski definition) is 2. The first-order valence-corrected chi connectivity index (χ1v) is 9.43. The van der Waals surface area contributed by atoms with E-state index < -0.39 is 5.25 Å². The van der Waals surface area contributed by atoms with E-state index in [9.17, 15) is 14.4 Å². The second-order valence-electron chi connectivity index (χ2n) is 5.93. The quantitative estimate of drug-likeness (QED) is 0.772. The Balaban J connectivity index is 1.59. The van der Waals surface area contributed by atoms with E-state index in [2.05, 4.69) is 10.6 Å².